The van der Waals surface area contributed by atoms with Crippen LogP contribution in [-0.2, 0) is 11.3 Å². The number of nitrogens with zero attached hydrogens (tertiary/aromatic N) is 1. The molecule has 0 aromatic heterocycles. The molecule has 2 rings (SSSR count). The quantitative estimate of drug-likeness (QED) is 0.504. The topological polar surface area (TPSA) is 64.4 Å². The molecule has 1 aromatic rings. The summed E-state index contributed by atoms with van der Waals surface area (Å²) in [5.41, 5.74) is 1.52. The van der Waals surface area contributed by atoms with Gasteiger partial charge in [0.25, 0.3) is 5.69 Å². The third-order valence-electron chi connectivity index (χ3n) is 3.85. The summed E-state index contributed by atoms with van der Waals surface area (Å²) in [5, 5.41) is 13.9. The fourth-order valence-electron chi connectivity index (χ4n) is 2.76. The van der Waals surface area contributed by atoms with Crippen molar-refractivity contribution >= 4 is 11.4 Å². The van der Waals surface area contributed by atoms with E-state index in [1.807, 2.05) is 6.07 Å². The van der Waals surface area contributed by atoms with Crippen LogP contribution in [0.3, 0.4) is 0 Å². The van der Waals surface area contributed by atoms with Crippen LogP contribution in [0.2, 0.25) is 0 Å². The van der Waals surface area contributed by atoms with Crippen molar-refractivity contribution in [3.63, 3.8) is 0 Å². The lowest BCUT2D eigenvalue weighted by atomic mass is 10.1. The fraction of sp³-hybridized carbons (Fsp3) is 0.600. The number of ether oxygens (including phenoxy) is 1. The molecule has 1 aliphatic rings. The number of nitrogens with one attached hydrogen (secondary N) is 1. The summed E-state index contributed by atoms with van der Waals surface area (Å²) in [6.07, 6.45) is 7.52. The number of para-hydroxylation sites is 1. The van der Waals surface area contributed by atoms with Gasteiger partial charge < -0.3 is 10.1 Å². The monoisotopic (exact) mass is 278 g/mol. The van der Waals surface area contributed by atoms with Crippen molar-refractivity contribution in [2.45, 2.75) is 51.2 Å². The molecular weight excluding hydrogens is 256 g/mol. The molecule has 110 valence electrons. The zero-order valence-corrected chi connectivity index (χ0v) is 11.9. The Morgan fingerprint density at radius 1 is 1.30 bits per heavy atom. The molecular formula is C15H22N2O3. The number of rotatable bonds is 5. The van der Waals surface area contributed by atoms with Crippen molar-refractivity contribution in [2.75, 3.05) is 12.4 Å². The van der Waals surface area contributed by atoms with E-state index in [1.54, 1.807) is 13.1 Å². The van der Waals surface area contributed by atoms with Crippen LogP contribution < -0.4 is 5.32 Å². The van der Waals surface area contributed by atoms with Gasteiger partial charge in [-0.05, 0) is 12.8 Å². The van der Waals surface area contributed by atoms with Crippen molar-refractivity contribution in [3.05, 3.63) is 33.9 Å². The minimum Gasteiger partial charge on any atom is -0.382 e. The zero-order chi connectivity index (χ0) is 14.4. The minimum absolute atomic E-state index is 0.106. The summed E-state index contributed by atoms with van der Waals surface area (Å²) in [6.45, 7) is 0.433. The maximum Gasteiger partial charge on any atom is 0.292 e. The van der Waals surface area contributed by atoms with E-state index in [2.05, 4.69) is 5.32 Å². The first kappa shape index (κ1) is 14.8. The molecule has 0 saturated heterocycles. The highest BCUT2D eigenvalue weighted by Crippen LogP contribution is 2.29. The molecule has 0 aliphatic heterocycles. The molecule has 1 N–H and O–H groups in total. The van der Waals surface area contributed by atoms with E-state index < -0.39 is 0 Å². The van der Waals surface area contributed by atoms with E-state index in [9.17, 15) is 10.1 Å². The van der Waals surface area contributed by atoms with E-state index in [0.717, 1.165) is 18.4 Å². The van der Waals surface area contributed by atoms with Crippen molar-refractivity contribution in [1.82, 2.24) is 0 Å². The van der Waals surface area contributed by atoms with E-state index in [4.69, 9.17) is 4.74 Å². The average molecular weight is 278 g/mol. The molecule has 20 heavy (non-hydrogen) atoms. The number of hydrogen-bond donors (Lipinski definition) is 1. The molecule has 5 nitrogen and oxygen atoms in total. The van der Waals surface area contributed by atoms with Crippen molar-refractivity contribution < 1.29 is 9.66 Å². The van der Waals surface area contributed by atoms with Gasteiger partial charge in [0, 0.05) is 18.7 Å². The van der Waals surface area contributed by atoms with E-state index in [1.165, 1.54) is 31.7 Å². The third kappa shape index (κ3) is 3.70. The Morgan fingerprint density at radius 3 is 2.60 bits per heavy atom. The molecule has 0 atom stereocenters. The van der Waals surface area contributed by atoms with Crippen LogP contribution in [0.4, 0.5) is 11.4 Å². The summed E-state index contributed by atoms with van der Waals surface area (Å²) < 4.78 is 5.96. The van der Waals surface area contributed by atoms with Gasteiger partial charge in [-0.25, -0.2) is 0 Å². The summed E-state index contributed by atoms with van der Waals surface area (Å²) in [4.78, 5) is 10.6. The molecule has 0 unspecified atom stereocenters. The molecule has 0 radical (unpaired) electrons. The molecule has 0 heterocycles. The van der Waals surface area contributed by atoms with Crippen LogP contribution in [0.1, 0.15) is 44.1 Å². The van der Waals surface area contributed by atoms with Gasteiger partial charge in [-0.15, -0.1) is 0 Å². The Labute approximate surface area is 119 Å². The van der Waals surface area contributed by atoms with Gasteiger partial charge in [0.15, 0.2) is 0 Å². The average Bonchev–Trinajstić information content (AvgIpc) is 2.73. The molecule has 1 aliphatic carbocycles. The highest BCUT2D eigenvalue weighted by molar-refractivity contribution is 5.65. The van der Waals surface area contributed by atoms with Gasteiger partial charge in [-0.3, -0.25) is 10.1 Å². The molecule has 1 fully saturated rings. The van der Waals surface area contributed by atoms with E-state index in [-0.39, 0.29) is 10.6 Å². The lowest BCUT2D eigenvalue weighted by molar-refractivity contribution is -0.384. The molecule has 1 saturated carbocycles. The zero-order valence-electron chi connectivity index (χ0n) is 11.9. The Morgan fingerprint density at radius 2 is 2.00 bits per heavy atom. The first-order valence-corrected chi connectivity index (χ1v) is 7.28. The largest absolute Gasteiger partial charge is 0.382 e. The Bertz CT molecular complexity index is 454. The van der Waals surface area contributed by atoms with Crippen LogP contribution in [-0.4, -0.2) is 18.1 Å². The maximum atomic E-state index is 11.0. The van der Waals surface area contributed by atoms with E-state index >= 15 is 0 Å². The lowest BCUT2D eigenvalue weighted by Gasteiger charge is -2.17. The first-order valence-electron chi connectivity index (χ1n) is 7.28. The molecule has 0 spiro atoms. The lowest BCUT2D eigenvalue weighted by Crippen LogP contribution is -2.12. The summed E-state index contributed by atoms with van der Waals surface area (Å²) in [5.74, 6) is 0. The minimum atomic E-state index is -0.360. The van der Waals surface area contributed by atoms with Gasteiger partial charge in [0.2, 0.25) is 0 Å². The number of anilines is 1. The number of nitro benzene ring substituents is 1. The predicted octanol–water partition coefficient (Wildman–Crippen LogP) is 3.88. The highest BCUT2D eigenvalue weighted by Gasteiger charge is 2.18. The standard InChI is InChI=1S/C15H22N2O3/c1-16-15-12(7-6-10-14(15)17(18)19)11-20-13-8-4-2-3-5-9-13/h6-7,10,13,16H,2-5,8-9,11H2,1H3. The van der Waals surface area contributed by atoms with Crippen LogP contribution in [0.25, 0.3) is 0 Å². The third-order valence-corrected chi connectivity index (χ3v) is 3.85. The second kappa shape index (κ2) is 7.24. The summed E-state index contributed by atoms with van der Waals surface area (Å²) in [7, 11) is 1.71. The predicted molar refractivity (Wildman–Crippen MR) is 78.9 cm³/mol. The number of nitro groups is 1. The SMILES string of the molecule is CNc1c(COC2CCCCCC2)cccc1[N+](=O)[O-]. The van der Waals surface area contributed by atoms with Gasteiger partial charge in [-0.2, -0.15) is 0 Å². The number of hydrogen-bond acceptors (Lipinski definition) is 4. The van der Waals surface area contributed by atoms with Gasteiger partial charge in [0.05, 0.1) is 17.6 Å². The normalized spacial score (nSPS) is 16.6. The van der Waals surface area contributed by atoms with Crippen LogP contribution in [0.15, 0.2) is 18.2 Å². The second-order valence-electron chi connectivity index (χ2n) is 5.24. The smallest absolute Gasteiger partial charge is 0.292 e. The molecule has 0 bridgehead atoms. The summed E-state index contributed by atoms with van der Waals surface area (Å²) in [6, 6.07) is 5.11. The molecule has 1 aromatic carbocycles. The Balaban J connectivity index is 2.04. The maximum absolute atomic E-state index is 11.0. The van der Waals surface area contributed by atoms with Crippen LogP contribution in [0.5, 0.6) is 0 Å². The van der Waals surface area contributed by atoms with Crippen molar-refractivity contribution in [3.8, 4) is 0 Å². The van der Waals surface area contributed by atoms with Gasteiger partial charge >= 0.3 is 0 Å². The highest BCUT2D eigenvalue weighted by atomic mass is 16.6. The Kier molecular flexibility index (Phi) is 5.35. The van der Waals surface area contributed by atoms with Crippen molar-refractivity contribution in [2.24, 2.45) is 0 Å². The van der Waals surface area contributed by atoms with Crippen LogP contribution in [0, 0.1) is 10.1 Å². The second-order valence-corrected chi connectivity index (χ2v) is 5.24. The summed E-state index contributed by atoms with van der Waals surface area (Å²) >= 11 is 0. The fourth-order valence-corrected chi connectivity index (χ4v) is 2.76. The van der Waals surface area contributed by atoms with Crippen molar-refractivity contribution in [1.29, 1.82) is 0 Å². The first-order chi connectivity index (χ1) is 9.72. The van der Waals surface area contributed by atoms with Gasteiger partial charge in [0.1, 0.15) is 5.69 Å². The molecule has 0 amide bonds. The van der Waals surface area contributed by atoms with Crippen LogP contribution >= 0.6 is 0 Å². The van der Waals surface area contributed by atoms with Gasteiger partial charge in [-0.1, -0.05) is 37.8 Å². The number of benzene rings is 1. The van der Waals surface area contributed by atoms with E-state index in [0.29, 0.717) is 18.4 Å². The molecule has 5 heteroatoms. The Hall–Kier alpha value is -1.62.